The van der Waals surface area contributed by atoms with Gasteiger partial charge in [-0.2, -0.15) is 0 Å². The zero-order valence-electron chi connectivity index (χ0n) is 15.4. The number of hydrogen-bond acceptors (Lipinski definition) is 4. The van der Waals surface area contributed by atoms with Gasteiger partial charge in [-0.15, -0.1) is 0 Å². The lowest BCUT2D eigenvalue weighted by Gasteiger charge is -2.35. The summed E-state index contributed by atoms with van der Waals surface area (Å²) in [4.78, 5) is 25.5. The summed E-state index contributed by atoms with van der Waals surface area (Å²) in [6.45, 7) is 8.74. The fraction of sp³-hybridized carbons (Fsp3) is 0.421. The summed E-state index contributed by atoms with van der Waals surface area (Å²) in [5.74, 6) is 1.73. The number of hydrogen-bond donors (Lipinski definition) is 1. The maximum absolute atomic E-state index is 12.5. The Balaban J connectivity index is 1.60. The molecule has 1 aliphatic heterocycles. The Labute approximate surface area is 159 Å². The number of aryl methyl sites for hydroxylation is 3. The van der Waals surface area contributed by atoms with Crippen molar-refractivity contribution in [1.29, 1.82) is 0 Å². The van der Waals surface area contributed by atoms with Crippen molar-refractivity contribution in [1.82, 2.24) is 14.9 Å². The van der Waals surface area contributed by atoms with Crippen LogP contribution in [0.1, 0.15) is 24.0 Å². The van der Waals surface area contributed by atoms with Crippen LogP contribution in [0, 0.1) is 13.8 Å². The van der Waals surface area contributed by atoms with Gasteiger partial charge in [0.2, 0.25) is 0 Å². The number of rotatable bonds is 3. The van der Waals surface area contributed by atoms with Crippen LogP contribution in [0.4, 0.5) is 16.3 Å². The zero-order chi connectivity index (χ0) is 18.7. The number of carbonyl (C=O) groups is 1. The molecule has 0 aliphatic carbocycles. The Morgan fingerprint density at radius 1 is 1.15 bits per heavy atom. The van der Waals surface area contributed by atoms with Crippen molar-refractivity contribution in [3.8, 4) is 0 Å². The monoisotopic (exact) mass is 373 g/mol. The van der Waals surface area contributed by atoms with Crippen molar-refractivity contribution in [2.45, 2.75) is 27.2 Å². The second-order valence-electron chi connectivity index (χ2n) is 6.49. The summed E-state index contributed by atoms with van der Waals surface area (Å²) in [5.41, 5.74) is 2.75. The summed E-state index contributed by atoms with van der Waals surface area (Å²) in [5, 5.41) is 3.57. The smallest absolute Gasteiger partial charge is 0.321 e. The molecule has 0 spiro atoms. The van der Waals surface area contributed by atoms with Crippen LogP contribution in [0.5, 0.6) is 0 Å². The van der Waals surface area contributed by atoms with E-state index < -0.39 is 0 Å². The largest absolute Gasteiger partial charge is 0.353 e. The number of halogens is 1. The molecule has 1 aromatic heterocycles. The predicted molar refractivity (Wildman–Crippen MR) is 105 cm³/mol. The van der Waals surface area contributed by atoms with Crippen molar-refractivity contribution in [2.24, 2.45) is 0 Å². The Morgan fingerprint density at radius 3 is 2.54 bits per heavy atom. The van der Waals surface area contributed by atoms with E-state index >= 15 is 0 Å². The van der Waals surface area contributed by atoms with Crippen LogP contribution >= 0.6 is 11.6 Å². The van der Waals surface area contributed by atoms with Crippen LogP contribution in [0.25, 0.3) is 0 Å². The first kappa shape index (κ1) is 18.5. The van der Waals surface area contributed by atoms with Crippen molar-refractivity contribution >= 4 is 29.1 Å². The maximum Gasteiger partial charge on any atom is 0.321 e. The molecule has 6 nitrogen and oxygen atoms in total. The van der Waals surface area contributed by atoms with Crippen molar-refractivity contribution < 1.29 is 4.79 Å². The van der Waals surface area contributed by atoms with Crippen LogP contribution in [0.2, 0.25) is 5.02 Å². The molecule has 2 aromatic rings. The highest BCUT2D eigenvalue weighted by Crippen LogP contribution is 2.21. The average Bonchev–Trinajstić information content (AvgIpc) is 2.64. The van der Waals surface area contributed by atoms with Gasteiger partial charge in [0.25, 0.3) is 0 Å². The van der Waals surface area contributed by atoms with Gasteiger partial charge < -0.3 is 15.1 Å². The first-order valence-corrected chi connectivity index (χ1v) is 9.25. The quantitative estimate of drug-likeness (QED) is 0.891. The highest BCUT2D eigenvalue weighted by Gasteiger charge is 2.22. The highest BCUT2D eigenvalue weighted by atomic mass is 35.5. The molecule has 1 aliphatic rings. The molecule has 0 unspecified atom stereocenters. The third-order valence-electron chi connectivity index (χ3n) is 4.55. The fourth-order valence-corrected chi connectivity index (χ4v) is 3.15. The molecule has 1 aromatic carbocycles. The minimum Gasteiger partial charge on any atom is -0.353 e. The van der Waals surface area contributed by atoms with Gasteiger partial charge in [0.15, 0.2) is 0 Å². The molecule has 0 saturated carbocycles. The van der Waals surface area contributed by atoms with Crippen molar-refractivity contribution in [3.05, 3.63) is 46.4 Å². The number of anilines is 2. The summed E-state index contributed by atoms with van der Waals surface area (Å²) < 4.78 is 0. The normalized spacial score (nSPS) is 14.5. The molecule has 138 valence electrons. The number of carbonyl (C=O) groups excluding carboxylic acids is 1. The van der Waals surface area contributed by atoms with Crippen molar-refractivity contribution in [3.63, 3.8) is 0 Å². The fourth-order valence-electron chi connectivity index (χ4n) is 2.97. The van der Waals surface area contributed by atoms with E-state index in [0.717, 1.165) is 42.4 Å². The first-order chi connectivity index (χ1) is 12.5. The number of urea groups is 1. The van der Waals surface area contributed by atoms with E-state index in [4.69, 9.17) is 11.6 Å². The minimum atomic E-state index is -0.0994. The van der Waals surface area contributed by atoms with E-state index in [0.29, 0.717) is 23.8 Å². The highest BCUT2D eigenvalue weighted by molar-refractivity contribution is 6.31. The van der Waals surface area contributed by atoms with Gasteiger partial charge in [-0.3, -0.25) is 0 Å². The SMILES string of the molecule is CCc1cc(N2CCN(C(=O)Nc3ccc(C)c(Cl)c3)CC2)nc(C)n1. The molecule has 0 atom stereocenters. The van der Waals surface area contributed by atoms with Crippen LogP contribution in [0.15, 0.2) is 24.3 Å². The number of aromatic nitrogens is 2. The standard InChI is InChI=1S/C19H24ClN5O/c1-4-15-12-18(22-14(3)21-15)24-7-9-25(10-8-24)19(26)23-16-6-5-13(2)17(20)11-16/h5-6,11-12H,4,7-10H2,1-3H3,(H,23,26). The number of nitrogens with one attached hydrogen (secondary N) is 1. The number of amides is 2. The molecule has 0 radical (unpaired) electrons. The Bertz CT molecular complexity index is 803. The number of piperazine rings is 1. The molecule has 7 heteroatoms. The van der Waals surface area contributed by atoms with Gasteiger partial charge >= 0.3 is 6.03 Å². The number of benzene rings is 1. The van der Waals surface area contributed by atoms with Gasteiger partial charge in [0.05, 0.1) is 0 Å². The van der Waals surface area contributed by atoms with Gasteiger partial charge in [-0.25, -0.2) is 14.8 Å². The molecular weight excluding hydrogens is 350 g/mol. The molecule has 3 rings (SSSR count). The molecule has 1 fully saturated rings. The molecule has 26 heavy (non-hydrogen) atoms. The van der Waals surface area contributed by atoms with Gasteiger partial charge in [-0.05, 0) is 38.0 Å². The van der Waals surface area contributed by atoms with E-state index in [1.54, 1.807) is 6.07 Å². The lowest BCUT2D eigenvalue weighted by atomic mass is 10.2. The average molecular weight is 374 g/mol. The Kier molecular flexibility index (Phi) is 5.61. The second-order valence-corrected chi connectivity index (χ2v) is 6.89. The summed E-state index contributed by atoms with van der Waals surface area (Å²) in [6, 6.07) is 7.49. The molecule has 2 heterocycles. The predicted octanol–water partition coefficient (Wildman–Crippen LogP) is 3.66. The van der Waals surface area contributed by atoms with E-state index in [1.165, 1.54) is 0 Å². The molecule has 0 bridgehead atoms. The van der Waals surface area contributed by atoms with Crippen LogP contribution in [0.3, 0.4) is 0 Å². The third-order valence-corrected chi connectivity index (χ3v) is 4.96. The molecule has 1 saturated heterocycles. The summed E-state index contributed by atoms with van der Waals surface area (Å²) in [6.07, 6.45) is 0.887. The third kappa shape index (κ3) is 4.25. The topological polar surface area (TPSA) is 61.4 Å². The summed E-state index contributed by atoms with van der Waals surface area (Å²) >= 11 is 6.12. The van der Waals surface area contributed by atoms with Crippen LogP contribution in [-0.2, 0) is 6.42 Å². The van der Waals surface area contributed by atoms with E-state index in [2.05, 4.69) is 27.1 Å². The van der Waals surface area contributed by atoms with Crippen molar-refractivity contribution in [2.75, 3.05) is 36.4 Å². The van der Waals surface area contributed by atoms with Gasteiger partial charge in [0.1, 0.15) is 11.6 Å². The van der Waals surface area contributed by atoms with E-state index in [-0.39, 0.29) is 6.03 Å². The summed E-state index contributed by atoms with van der Waals surface area (Å²) in [7, 11) is 0. The lowest BCUT2D eigenvalue weighted by molar-refractivity contribution is 0.208. The lowest BCUT2D eigenvalue weighted by Crippen LogP contribution is -2.50. The van der Waals surface area contributed by atoms with Gasteiger partial charge in [0, 0.05) is 48.6 Å². The first-order valence-electron chi connectivity index (χ1n) is 8.88. The minimum absolute atomic E-state index is 0.0994. The van der Waals surface area contributed by atoms with E-state index in [1.807, 2.05) is 36.9 Å². The zero-order valence-corrected chi connectivity index (χ0v) is 16.2. The second kappa shape index (κ2) is 7.91. The molecular formula is C19H24ClN5O. The van der Waals surface area contributed by atoms with Crippen LogP contribution in [-0.4, -0.2) is 47.1 Å². The van der Waals surface area contributed by atoms with E-state index in [9.17, 15) is 4.79 Å². The van der Waals surface area contributed by atoms with Gasteiger partial charge in [-0.1, -0.05) is 24.6 Å². The molecule has 1 N–H and O–H groups in total. The molecule has 2 amide bonds. The van der Waals surface area contributed by atoms with Crippen LogP contribution < -0.4 is 10.2 Å². The Hall–Kier alpha value is -2.34. The number of nitrogens with zero attached hydrogens (tertiary/aromatic N) is 4. The Morgan fingerprint density at radius 2 is 1.88 bits per heavy atom. The maximum atomic E-state index is 12.5.